The van der Waals surface area contributed by atoms with Crippen molar-refractivity contribution in [2.75, 3.05) is 37.6 Å². The molecular weight excluding hydrogens is 411 g/mol. The molecule has 2 aliphatic carbocycles. The third kappa shape index (κ3) is 5.14. The Morgan fingerprint density at radius 3 is 2.45 bits per heavy atom. The molecule has 31 heavy (non-hydrogen) atoms. The van der Waals surface area contributed by atoms with Crippen LogP contribution in [0.5, 0.6) is 0 Å². The van der Waals surface area contributed by atoms with Gasteiger partial charge >= 0.3 is 6.03 Å². The number of benzene rings is 1. The topological polar surface area (TPSA) is 47.6 Å². The smallest absolute Gasteiger partial charge is 0.315 e. The minimum absolute atomic E-state index is 0.0742. The number of rotatable bonds is 6. The van der Waals surface area contributed by atoms with Crippen LogP contribution in [0.15, 0.2) is 29.6 Å². The molecule has 1 aliphatic heterocycles. The fraction of sp³-hybridized carbons (Fsp3) is 0.625. The first-order valence-electron chi connectivity index (χ1n) is 11.8. The van der Waals surface area contributed by atoms with Gasteiger partial charge in [-0.1, -0.05) is 6.07 Å². The van der Waals surface area contributed by atoms with E-state index in [1.807, 2.05) is 0 Å². The van der Waals surface area contributed by atoms with Crippen molar-refractivity contribution in [3.05, 3.63) is 29.6 Å². The Morgan fingerprint density at radius 1 is 1.03 bits per heavy atom. The maximum Gasteiger partial charge on any atom is 0.315 e. The molecule has 3 fully saturated rings. The molecule has 168 valence electrons. The first-order valence-corrected chi connectivity index (χ1v) is 12.7. The van der Waals surface area contributed by atoms with Crippen LogP contribution in [0, 0.1) is 0 Å². The number of piperazine rings is 1. The maximum absolute atomic E-state index is 15.4. The van der Waals surface area contributed by atoms with E-state index < -0.39 is 5.67 Å². The number of halogens is 1. The maximum atomic E-state index is 15.4. The van der Waals surface area contributed by atoms with Crippen molar-refractivity contribution in [3.8, 4) is 0 Å². The molecular formula is C24H33FN4OS. The zero-order chi connectivity index (χ0) is 21.3. The van der Waals surface area contributed by atoms with Crippen LogP contribution in [0.4, 0.5) is 14.9 Å². The molecule has 2 N–H and O–H groups in total. The average molecular weight is 445 g/mol. The zero-order valence-electron chi connectivity index (χ0n) is 18.1. The van der Waals surface area contributed by atoms with E-state index >= 15 is 4.39 Å². The van der Waals surface area contributed by atoms with Gasteiger partial charge in [-0.15, -0.1) is 11.3 Å². The summed E-state index contributed by atoms with van der Waals surface area (Å²) in [7, 11) is 0. The van der Waals surface area contributed by atoms with E-state index in [2.05, 4.69) is 50.1 Å². The van der Waals surface area contributed by atoms with Crippen molar-refractivity contribution in [3.63, 3.8) is 0 Å². The van der Waals surface area contributed by atoms with E-state index in [-0.39, 0.29) is 12.1 Å². The SMILES string of the molecule is O=C(NC1CC1)N[C@H]1CC[C@](F)(CCN2CCN(c3cccc4sccc34)CC2)CC1. The summed E-state index contributed by atoms with van der Waals surface area (Å²) in [6.07, 6.45) is 5.38. The summed E-state index contributed by atoms with van der Waals surface area (Å²) in [5.41, 5.74) is 0.252. The fourth-order valence-electron chi connectivity index (χ4n) is 4.99. The molecule has 1 aromatic heterocycles. The van der Waals surface area contributed by atoms with Crippen LogP contribution in [-0.2, 0) is 0 Å². The molecule has 1 saturated heterocycles. The van der Waals surface area contributed by atoms with Crippen LogP contribution in [0.25, 0.3) is 10.1 Å². The number of nitrogens with zero attached hydrogens (tertiary/aromatic N) is 2. The van der Waals surface area contributed by atoms with E-state index in [4.69, 9.17) is 0 Å². The number of anilines is 1. The Bertz CT molecular complexity index is 898. The van der Waals surface area contributed by atoms with Crippen molar-refractivity contribution in [1.29, 1.82) is 0 Å². The number of carbonyl (C=O) groups excluding carboxylic acids is 1. The van der Waals surface area contributed by atoms with Crippen molar-refractivity contribution in [2.24, 2.45) is 0 Å². The Hall–Kier alpha value is -1.86. The molecule has 2 saturated carbocycles. The number of nitrogens with one attached hydrogen (secondary N) is 2. The molecule has 2 amide bonds. The third-order valence-electron chi connectivity index (χ3n) is 7.19. The normalized spacial score (nSPS) is 27.4. The van der Waals surface area contributed by atoms with Gasteiger partial charge in [0.1, 0.15) is 5.67 Å². The Labute approximate surface area is 188 Å². The highest BCUT2D eigenvalue weighted by molar-refractivity contribution is 7.17. The molecule has 1 aromatic carbocycles. The second-order valence-corrected chi connectivity index (χ2v) is 10.5. The van der Waals surface area contributed by atoms with Crippen LogP contribution in [-0.4, -0.2) is 61.4 Å². The van der Waals surface area contributed by atoms with Gasteiger partial charge in [-0.25, -0.2) is 9.18 Å². The number of hydrogen-bond donors (Lipinski definition) is 2. The Balaban J connectivity index is 1.05. The van der Waals surface area contributed by atoms with Gasteiger partial charge in [0.05, 0.1) is 0 Å². The molecule has 2 aromatic rings. The number of alkyl halides is 1. The van der Waals surface area contributed by atoms with Gasteiger partial charge in [-0.3, -0.25) is 4.90 Å². The molecule has 7 heteroatoms. The lowest BCUT2D eigenvalue weighted by atomic mass is 9.81. The minimum atomic E-state index is -1.08. The lowest BCUT2D eigenvalue weighted by molar-refractivity contribution is 0.0688. The molecule has 3 aliphatic rings. The van der Waals surface area contributed by atoms with Gasteiger partial charge in [-0.05, 0) is 68.5 Å². The predicted octanol–water partition coefficient (Wildman–Crippen LogP) is 4.53. The zero-order valence-corrected chi connectivity index (χ0v) is 18.9. The third-order valence-corrected chi connectivity index (χ3v) is 8.07. The van der Waals surface area contributed by atoms with Gasteiger partial charge in [0.2, 0.25) is 0 Å². The first-order chi connectivity index (χ1) is 15.1. The highest BCUT2D eigenvalue weighted by Gasteiger charge is 2.36. The highest BCUT2D eigenvalue weighted by atomic mass is 32.1. The van der Waals surface area contributed by atoms with Crippen LogP contribution in [0.2, 0.25) is 0 Å². The van der Waals surface area contributed by atoms with Gasteiger partial charge in [0.25, 0.3) is 0 Å². The van der Waals surface area contributed by atoms with E-state index in [1.165, 1.54) is 15.8 Å². The van der Waals surface area contributed by atoms with Crippen molar-refractivity contribution >= 4 is 33.1 Å². The summed E-state index contributed by atoms with van der Waals surface area (Å²) < 4.78 is 16.7. The van der Waals surface area contributed by atoms with Gasteiger partial charge < -0.3 is 15.5 Å². The standard InChI is InChI=1S/C24H33FN4OS/c25-24(9-6-19(7-10-24)27-23(30)26-18-4-5-18)11-12-28-13-15-29(16-14-28)21-2-1-3-22-20(21)8-17-31-22/h1-3,8,17-19H,4-7,9-16H2,(H2,26,27,30)/t19-,24+. The number of amides is 2. The number of urea groups is 1. The monoisotopic (exact) mass is 444 g/mol. The molecule has 5 rings (SSSR count). The van der Waals surface area contributed by atoms with E-state index in [9.17, 15) is 4.79 Å². The lowest BCUT2D eigenvalue weighted by Gasteiger charge is -2.39. The second-order valence-electron chi connectivity index (χ2n) is 9.51. The first kappa shape index (κ1) is 21.0. The van der Waals surface area contributed by atoms with Crippen molar-refractivity contribution in [2.45, 2.75) is 62.7 Å². The van der Waals surface area contributed by atoms with E-state index in [0.717, 1.165) is 58.4 Å². The van der Waals surface area contributed by atoms with Crippen LogP contribution in [0.3, 0.4) is 0 Å². The lowest BCUT2D eigenvalue weighted by Crippen LogP contribution is -2.49. The average Bonchev–Trinajstić information content (AvgIpc) is 3.45. The van der Waals surface area contributed by atoms with Gasteiger partial charge in [0, 0.05) is 60.6 Å². The Morgan fingerprint density at radius 2 is 1.74 bits per heavy atom. The molecule has 0 atom stereocenters. The fourth-order valence-corrected chi connectivity index (χ4v) is 5.80. The number of fused-ring (bicyclic) bond motifs is 1. The minimum Gasteiger partial charge on any atom is -0.368 e. The molecule has 0 spiro atoms. The van der Waals surface area contributed by atoms with E-state index in [0.29, 0.717) is 25.3 Å². The summed E-state index contributed by atoms with van der Waals surface area (Å²) in [6, 6.07) is 9.18. The highest BCUT2D eigenvalue weighted by Crippen LogP contribution is 2.36. The van der Waals surface area contributed by atoms with Crippen molar-refractivity contribution in [1.82, 2.24) is 15.5 Å². The molecule has 5 nitrogen and oxygen atoms in total. The Kier molecular flexibility index (Phi) is 6.06. The number of carbonyl (C=O) groups is 1. The van der Waals surface area contributed by atoms with Gasteiger partial charge in [-0.2, -0.15) is 0 Å². The second kappa shape index (κ2) is 8.94. The summed E-state index contributed by atoms with van der Waals surface area (Å²) in [5, 5.41) is 9.50. The summed E-state index contributed by atoms with van der Waals surface area (Å²) in [5.74, 6) is 0. The molecule has 0 radical (unpaired) electrons. The quantitative estimate of drug-likeness (QED) is 0.688. The van der Waals surface area contributed by atoms with Crippen LogP contribution in [0.1, 0.15) is 44.9 Å². The molecule has 0 unspecified atom stereocenters. The van der Waals surface area contributed by atoms with Crippen LogP contribution >= 0.6 is 11.3 Å². The van der Waals surface area contributed by atoms with Gasteiger partial charge in [0.15, 0.2) is 0 Å². The molecule has 0 bridgehead atoms. The number of thiophene rings is 1. The van der Waals surface area contributed by atoms with Crippen LogP contribution < -0.4 is 15.5 Å². The molecule has 2 heterocycles. The summed E-state index contributed by atoms with van der Waals surface area (Å²) in [6.45, 7) is 4.80. The largest absolute Gasteiger partial charge is 0.368 e. The summed E-state index contributed by atoms with van der Waals surface area (Å²) >= 11 is 1.79. The predicted molar refractivity (Wildman–Crippen MR) is 126 cm³/mol. The van der Waals surface area contributed by atoms with E-state index in [1.54, 1.807) is 11.3 Å². The van der Waals surface area contributed by atoms with Crippen molar-refractivity contribution < 1.29 is 9.18 Å². The summed E-state index contributed by atoms with van der Waals surface area (Å²) in [4.78, 5) is 16.8. The number of hydrogen-bond acceptors (Lipinski definition) is 4.